The van der Waals surface area contributed by atoms with Crippen LogP contribution in [0.2, 0.25) is 0 Å². The Kier molecular flexibility index (Phi) is 4.79. The smallest absolute Gasteiger partial charge is 0.275 e. The lowest BCUT2D eigenvalue weighted by Crippen LogP contribution is -2.25. The number of hydrogen-bond donors (Lipinski definition) is 0. The molecule has 0 atom stereocenters. The first kappa shape index (κ1) is 19.2. The number of rotatable bonds is 4. The van der Waals surface area contributed by atoms with Gasteiger partial charge in [-0.05, 0) is 49.3 Å². The number of benzene rings is 2. The SMILES string of the molecule is CCC(/C=C1/Sc2ccc(OC)cc2N1CC)=c1\sc2nc3ccccc3n2c1=O. The highest BCUT2D eigenvalue weighted by atomic mass is 32.2. The maximum atomic E-state index is 13.3. The lowest BCUT2D eigenvalue weighted by molar-refractivity contribution is 0.414. The lowest BCUT2D eigenvalue weighted by Gasteiger charge is -2.18. The van der Waals surface area contributed by atoms with Crippen molar-refractivity contribution in [3.8, 4) is 5.75 Å². The maximum Gasteiger partial charge on any atom is 0.275 e. The Morgan fingerprint density at radius 3 is 2.80 bits per heavy atom. The van der Waals surface area contributed by atoms with E-state index in [1.165, 1.54) is 16.2 Å². The van der Waals surface area contributed by atoms with Crippen molar-refractivity contribution in [1.29, 1.82) is 0 Å². The molecule has 2 aromatic carbocycles. The predicted octanol–water partition coefficient (Wildman–Crippen LogP) is 4.67. The van der Waals surface area contributed by atoms with Crippen molar-refractivity contribution in [1.82, 2.24) is 9.38 Å². The number of thiazole rings is 1. The van der Waals surface area contributed by atoms with Crippen molar-refractivity contribution in [3.05, 3.63) is 68.5 Å². The second-order valence-corrected chi connectivity index (χ2v) is 9.04. The van der Waals surface area contributed by atoms with Gasteiger partial charge in [0.25, 0.3) is 5.56 Å². The van der Waals surface area contributed by atoms with Crippen LogP contribution in [0, 0.1) is 0 Å². The molecule has 1 aliphatic heterocycles. The average Bonchev–Trinajstić information content (AvgIpc) is 3.41. The summed E-state index contributed by atoms with van der Waals surface area (Å²) in [6.07, 6.45) is 2.94. The highest BCUT2D eigenvalue weighted by Crippen LogP contribution is 2.47. The summed E-state index contributed by atoms with van der Waals surface area (Å²) in [4.78, 5) is 22.1. The van der Waals surface area contributed by atoms with Crippen LogP contribution in [0.5, 0.6) is 5.75 Å². The summed E-state index contributed by atoms with van der Waals surface area (Å²) in [5, 5.41) is 1.13. The molecule has 0 unspecified atom stereocenters. The number of aromatic nitrogens is 2. The molecule has 7 heteroatoms. The number of fused-ring (bicyclic) bond motifs is 4. The molecule has 0 radical (unpaired) electrons. The third-order valence-electron chi connectivity index (χ3n) is 5.34. The van der Waals surface area contributed by atoms with E-state index in [0.717, 1.165) is 55.5 Å². The minimum atomic E-state index is 0.0163. The maximum absolute atomic E-state index is 13.3. The van der Waals surface area contributed by atoms with Gasteiger partial charge in [0, 0.05) is 17.5 Å². The van der Waals surface area contributed by atoms with Crippen LogP contribution in [0.1, 0.15) is 20.3 Å². The molecule has 30 heavy (non-hydrogen) atoms. The molecule has 0 aliphatic carbocycles. The van der Waals surface area contributed by atoms with Crippen LogP contribution in [0.15, 0.2) is 63.3 Å². The summed E-state index contributed by atoms with van der Waals surface area (Å²) in [6.45, 7) is 5.08. The van der Waals surface area contributed by atoms with Gasteiger partial charge in [-0.15, -0.1) is 0 Å². The van der Waals surface area contributed by atoms with E-state index in [4.69, 9.17) is 4.74 Å². The molecule has 5 rings (SSSR count). The van der Waals surface area contributed by atoms with Crippen molar-refractivity contribution in [3.63, 3.8) is 0 Å². The summed E-state index contributed by atoms with van der Waals surface area (Å²) in [5.74, 6) is 0.849. The zero-order valence-electron chi connectivity index (χ0n) is 17.0. The molecule has 1 aliphatic rings. The van der Waals surface area contributed by atoms with Gasteiger partial charge in [0.05, 0.1) is 33.4 Å². The fourth-order valence-electron chi connectivity index (χ4n) is 3.83. The van der Waals surface area contributed by atoms with Crippen molar-refractivity contribution >= 4 is 50.4 Å². The van der Waals surface area contributed by atoms with E-state index >= 15 is 0 Å². The summed E-state index contributed by atoms with van der Waals surface area (Å²) in [7, 11) is 1.69. The Hall–Kier alpha value is -2.77. The molecule has 0 spiro atoms. The molecule has 0 saturated carbocycles. The number of ether oxygens (including phenoxy) is 1. The molecule has 152 valence electrons. The molecule has 0 bridgehead atoms. The van der Waals surface area contributed by atoms with Gasteiger partial charge < -0.3 is 9.64 Å². The average molecular weight is 436 g/mol. The second-order valence-electron chi connectivity index (χ2n) is 7.00. The van der Waals surface area contributed by atoms with Gasteiger partial charge in [-0.3, -0.25) is 4.79 Å². The predicted molar refractivity (Wildman–Crippen MR) is 126 cm³/mol. The zero-order valence-corrected chi connectivity index (χ0v) is 18.6. The minimum absolute atomic E-state index is 0.0163. The quantitative estimate of drug-likeness (QED) is 0.466. The molecule has 0 amide bonds. The van der Waals surface area contributed by atoms with E-state index in [9.17, 15) is 4.79 Å². The molecule has 2 aromatic heterocycles. The minimum Gasteiger partial charge on any atom is -0.497 e. The number of methoxy groups -OCH3 is 1. The van der Waals surface area contributed by atoms with E-state index < -0.39 is 0 Å². The third kappa shape index (κ3) is 2.92. The summed E-state index contributed by atoms with van der Waals surface area (Å²) >= 11 is 3.21. The lowest BCUT2D eigenvalue weighted by atomic mass is 10.2. The van der Waals surface area contributed by atoms with E-state index in [0.29, 0.717) is 0 Å². The number of hydrogen-bond acceptors (Lipinski definition) is 6. The van der Waals surface area contributed by atoms with Gasteiger partial charge in [0.2, 0.25) is 0 Å². The van der Waals surface area contributed by atoms with Gasteiger partial charge in [0.15, 0.2) is 4.96 Å². The summed E-state index contributed by atoms with van der Waals surface area (Å²) in [6, 6.07) is 13.9. The van der Waals surface area contributed by atoms with Crippen LogP contribution in [-0.4, -0.2) is 23.0 Å². The molecule has 0 N–H and O–H groups in total. The van der Waals surface area contributed by atoms with E-state index in [-0.39, 0.29) is 5.56 Å². The number of allylic oxidation sites excluding steroid dienone is 1. The number of anilines is 1. The fraction of sp³-hybridized carbons (Fsp3) is 0.217. The number of para-hydroxylation sites is 2. The number of nitrogens with zero attached hydrogens (tertiary/aromatic N) is 3. The van der Waals surface area contributed by atoms with Crippen LogP contribution in [0.3, 0.4) is 0 Å². The largest absolute Gasteiger partial charge is 0.497 e. The third-order valence-corrected chi connectivity index (χ3v) is 7.55. The van der Waals surface area contributed by atoms with Gasteiger partial charge in [-0.1, -0.05) is 42.2 Å². The zero-order chi connectivity index (χ0) is 20.8. The highest BCUT2D eigenvalue weighted by molar-refractivity contribution is 8.03. The first-order valence-corrected chi connectivity index (χ1v) is 11.6. The van der Waals surface area contributed by atoms with Gasteiger partial charge in [-0.25, -0.2) is 9.38 Å². The topological polar surface area (TPSA) is 46.8 Å². The first-order chi connectivity index (χ1) is 14.6. The van der Waals surface area contributed by atoms with E-state index in [1.807, 2.05) is 30.3 Å². The first-order valence-electron chi connectivity index (χ1n) is 9.92. The summed E-state index contributed by atoms with van der Waals surface area (Å²) < 4.78 is 7.91. The summed E-state index contributed by atoms with van der Waals surface area (Å²) in [5.41, 5.74) is 3.94. The standard InChI is InChI=1S/C23H21N3O2S2/c1-4-14(12-20-25(5-2)18-13-15(28-3)10-11-19(18)29-20)21-22(27)26-17-9-7-6-8-16(17)24-23(26)30-21/h6-13H,4-5H2,1-3H3/b20-12+,21-14+. The van der Waals surface area contributed by atoms with Crippen molar-refractivity contribution in [2.24, 2.45) is 0 Å². The molecule has 0 fully saturated rings. The van der Waals surface area contributed by atoms with Gasteiger partial charge >= 0.3 is 0 Å². The normalized spacial score (nSPS) is 16.0. The fourth-order valence-corrected chi connectivity index (χ4v) is 6.11. The van der Waals surface area contributed by atoms with Crippen LogP contribution in [0.25, 0.3) is 21.6 Å². The van der Waals surface area contributed by atoms with Crippen molar-refractivity contribution in [2.75, 3.05) is 18.6 Å². The Morgan fingerprint density at radius 1 is 1.20 bits per heavy atom. The molecular weight excluding hydrogens is 414 g/mol. The Balaban J connectivity index is 1.67. The van der Waals surface area contributed by atoms with Gasteiger partial charge in [-0.2, -0.15) is 0 Å². The van der Waals surface area contributed by atoms with Crippen molar-refractivity contribution < 1.29 is 4.74 Å². The second kappa shape index (κ2) is 7.49. The van der Waals surface area contributed by atoms with Crippen molar-refractivity contribution in [2.45, 2.75) is 25.2 Å². The molecular formula is C23H21N3O2S2. The van der Waals surface area contributed by atoms with Gasteiger partial charge in [0.1, 0.15) is 5.75 Å². The van der Waals surface area contributed by atoms with E-state index in [1.54, 1.807) is 23.3 Å². The monoisotopic (exact) mass is 435 g/mol. The Morgan fingerprint density at radius 2 is 2.03 bits per heavy atom. The molecule has 5 nitrogen and oxygen atoms in total. The Labute approximate surface area is 182 Å². The van der Waals surface area contributed by atoms with E-state index in [2.05, 4.69) is 41.9 Å². The van der Waals surface area contributed by atoms with Crippen LogP contribution >= 0.6 is 23.1 Å². The number of thioether (sulfide) groups is 1. The highest BCUT2D eigenvalue weighted by Gasteiger charge is 2.25. The number of imidazole rings is 1. The van der Waals surface area contributed by atoms with Crippen LogP contribution in [0.4, 0.5) is 5.69 Å². The molecule has 4 aromatic rings. The van der Waals surface area contributed by atoms with Crippen LogP contribution < -0.4 is 19.7 Å². The van der Waals surface area contributed by atoms with Crippen LogP contribution in [-0.2, 0) is 0 Å². The molecule has 3 heterocycles. The Bertz CT molecular complexity index is 1420. The molecule has 0 saturated heterocycles.